The van der Waals surface area contributed by atoms with E-state index in [4.69, 9.17) is 9.29 Å². The highest BCUT2D eigenvalue weighted by atomic mass is 79.9. The van der Waals surface area contributed by atoms with Crippen molar-refractivity contribution in [3.63, 3.8) is 0 Å². The molecule has 1 rings (SSSR count). The van der Waals surface area contributed by atoms with Gasteiger partial charge in [-0.1, -0.05) is 22.0 Å². The van der Waals surface area contributed by atoms with Crippen LogP contribution in [-0.2, 0) is 10.1 Å². The molecule has 84 valence electrons. The molecule has 0 amide bonds. The molecule has 1 aromatic carbocycles. The van der Waals surface area contributed by atoms with Crippen LogP contribution in [0.3, 0.4) is 0 Å². The monoisotopic (exact) mass is 294 g/mol. The Hall–Kier alpha value is -0.590. The Morgan fingerprint density at radius 3 is 2.73 bits per heavy atom. The lowest BCUT2D eigenvalue weighted by Gasteiger charge is -2.10. The maximum Gasteiger partial charge on any atom is 0.270 e. The summed E-state index contributed by atoms with van der Waals surface area (Å²) in [4.78, 5) is 0. The minimum absolute atomic E-state index is 0.0741. The number of benzene rings is 1. The van der Waals surface area contributed by atoms with Gasteiger partial charge in [-0.2, -0.15) is 8.42 Å². The largest absolute Gasteiger partial charge is 0.492 e. The van der Waals surface area contributed by atoms with Crippen LogP contribution >= 0.6 is 15.9 Å². The summed E-state index contributed by atoms with van der Waals surface area (Å²) in [6, 6.07) is 7.04. The number of rotatable bonds is 4. The van der Waals surface area contributed by atoms with Gasteiger partial charge in [-0.3, -0.25) is 4.55 Å². The number of ether oxygens (including phenoxy) is 1. The number of hydrogen-bond donors (Lipinski definition) is 1. The van der Waals surface area contributed by atoms with Gasteiger partial charge in [0, 0.05) is 4.47 Å². The first-order chi connectivity index (χ1) is 6.89. The van der Waals surface area contributed by atoms with Gasteiger partial charge in [-0.05, 0) is 25.1 Å². The molecule has 0 saturated carbocycles. The number of hydrogen-bond acceptors (Lipinski definition) is 3. The van der Waals surface area contributed by atoms with Gasteiger partial charge in [0.25, 0.3) is 10.1 Å². The molecular formula is C9H11BrO4S. The number of halogens is 1. The fraction of sp³-hybridized carbons (Fsp3) is 0.333. The van der Waals surface area contributed by atoms with Gasteiger partial charge in [0.1, 0.15) is 17.6 Å². The van der Waals surface area contributed by atoms with Gasteiger partial charge in [0.15, 0.2) is 0 Å². The predicted molar refractivity (Wildman–Crippen MR) is 60.6 cm³/mol. The maximum atomic E-state index is 10.7. The summed E-state index contributed by atoms with van der Waals surface area (Å²) < 4.78 is 36.1. The van der Waals surface area contributed by atoms with E-state index < -0.39 is 15.4 Å². The van der Waals surface area contributed by atoms with E-state index in [-0.39, 0.29) is 6.61 Å². The molecule has 0 bridgehead atoms. The third kappa shape index (κ3) is 4.19. The Labute approximate surface area is 97.1 Å². The molecule has 0 spiro atoms. The summed E-state index contributed by atoms with van der Waals surface area (Å²) in [5.41, 5.74) is 0. The molecule has 0 aromatic heterocycles. The summed E-state index contributed by atoms with van der Waals surface area (Å²) in [5, 5.41) is -0.934. The standard InChI is InChI=1S/C9H11BrO4S/c1-7(15(11,12)13)6-14-9-4-2-3-8(10)5-9/h2-5,7H,6H2,1H3,(H,11,12,13). The highest BCUT2D eigenvalue weighted by molar-refractivity contribution is 9.10. The van der Waals surface area contributed by atoms with E-state index in [1.807, 2.05) is 6.07 Å². The molecule has 0 aliphatic rings. The molecule has 0 aliphatic heterocycles. The van der Waals surface area contributed by atoms with Crippen molar-refractivity contribution in [2.75, 3.05) is 6.61 Å². The van der Waals surface area contributed by atoms with Crippen LogP contribution in [0.5, 0.6) is 5.75 Å². The van der Waals surface area contributed by atoms with Crippen LogP contribution in [0.1, 0.15) is 6.92 Å². The van der Waals surface area contributed by atoms with Crippen molar-refractivity contribution >= 4 is 26.0 Å². The molecule has 0 saturated heterocycles. The lowest BCUT2D eigenvalue weighted by molar-refractivity contribution is 0.310. The molecule has 0 fully saturated rings. The minimum Gasteiger partial charge on any atom is -0.492 e. The van der Waals surface area contributed by atoms with Crippen molar-refractivity contribution in [2.24, 2.45) is 0 Å². The van der Waals surface area contributed by atoms with Gasteiger partial charge in [0.05, 0.1) is 0 Å². The Morgan fingerprint density at radius 2 is 2.20 bits per heavy atom. The van der Waals surface area contributed by atoms with E-state index in [1.165, 1.54) is 6.92 Å². The summed E-state index contributed by atoms with van der Waals surface area (Å²) in [6.07, 6.45) is 0. The highest BCUT2D eigenvalue weighted by Crippen LogP contribution is 2.18. The second-order valence-electron chi connectivity index (χ2n) is 3.09. The smallest absolute Gasteiger partial charge is 0.270 e. The van der Waals surface area contributed by atoms with Crippen molar-refractivity contribution in [1.29, 1.82) is 0 Å². The zero-order valence-corrected chi connectivity index (χ0v) is 10.5. The first-order valence-corrected chi connectivity index (χ1v) is 6.54. The second kappa shape index (κ2) is 4.96. The van der Waals surface area contributed by atoms with Crippen LogP contribution in [0.4, 0.5) is 0 Å². The van der Waals surface area contributed by atoms with Crippen molar-refractivity contribution in [2.45, 2.75) is 12.2 Å². The maximum absolute atomic E-state index is 10.7. The molecule has 6 heteroatoms. The van der Waals surface area contributed by atoms with Gasteiger partial charge in [-0.25, -0.2) is 0 Å². The SMILES string of the molecule is CC(COc1cccc(Br)c1)S(=O)(=O)O. The van der Waals surface area contributed by atoms with Crippen molar-refractivity contribution in [3.05, 3.63) is 28.7 Å². The molecule has 0 heterocycles. The van der Waals surface area contributed by atoms with Crippen LogP contribution in [0.2, 0.25) is 0 Å². The van der Waals surface area contributed by atoms with Gasteiger partial charge in [-0.15, -0.1) is 0 Å². The summed E-state index contributed by atoms with van der Waals surface area (Å²) >= 11 is 3.26. The quantitative estimate of drug-likeness (QED) is 0.864. The van der Waals surface area contributed by atoms with Gasteiger partial charge in [0.2, 0.25) is 0 Å². The molecule has 0 aliphatic carbocycles. The summed E-state index contributed by atoms with van der Waals surface area (Å²) in [6.45, 7) is 1.31. The highest BCUT2D eigenvalue weighted by Gasteiger charge is 2.17. The van der Waals surface area contributed by atoms with Crippen molar-refractivity contribution in [1.82, 2.24) is 0 Å². The second-order valence-corrected chi connectivity index (χ2v) is 5.84. The van der Waals surface area contributed by atoms with Crippen molar-refractivity contribution < 1.29 is 17.7 Å². The fourth-order valence-corrected chi connectivity index (χ4v) is 1.47. The Balaban J connectivity index is 2.58. The van der Waals surface area contributed by atoms with Gasteiger partial charge < -0.3 is 4.74 Å². The third-order valence-corrected chi connectivity index (χ3v) is 3.44. The van der Waals surface area contributed by atoms with E-state index in [1.54, 1.807) is 18.2 Å². The van der Waals surface area contributed by atoms with E-state index in [0.717, 1.165) is 4.47 Å². The predicted octanol–water partition coefficient (Wildman–Crippen LogP) is 2.10. The molecule has 4 nitrogen and oxygen atoms in total. The Morgan fingerprint density at radius 1 is 1.53 bits per heavy atom. The van der Waals surface area contributed by atoms with Crippen LogP contribution in [0.25, 0.3) is 0 Å². The average Bonchev–Trinajstić information content (AvgIpc) is 2.12. The lowest BCUT2D eigenvalue weighted by Crippen LogP contribution is -2.24. The Bertz CT molecular complexity index is 429. The normalized spacial score (nSPS) is 13.5. The fourth-order valence-electron chi connectivity index (χ4n) is 0.856. The molecular weight excluding hydrogens is 284 g/mol. The van der Waals surface area contributed by atoms with Crippen LogP contribution in [-0.4, -0.2) is 24.8 Å². The zero-order chi connectivity index (χ0) is 11.5. The van der Waals surface area contributed by atoms with Gasteiger partial charge >= 0.3 is 0 Å². The Kier molecular flexibility index (Phi) is 4.12. The zero-order valence-electron chi connectivity index (χ0n) is 8.05. The first kappa shape index (κ1) is 12.5. The van der Waals surface area contributed by atoms with Crippen LogP contribution in [0.15, 0.2) is 28.7 Å². The molecule has 1 N–H and O–H groups in total. The third-order valence-electron chi connectivity index (χ3n) is 1.79. The summed E-state index contributed by atoms with van der Waals surface area (Å²) in [7, 11) is -4.02. The topological polar surface area (TPSA) is 63.6 Å². The van der Waals surface area contributed by atoms with E-state index in [0.29, 0.717) is 5.75 Å². The molecule has 1 unspecified atom stereocenters. The molecule has 15 heavy (non-hydrogen) atoms. The minimum atomic E-state index is -4.02. The van der Waals surface area contributed by atoms with E-state index in [2.05, 4.69) is 15.9 Å². The van der Waals surface area contributed by atoms with E-state index >= 15 is 0 Å². The molecule has 1 atom stereocenters. The van der Waals surface area contributed by atoms with Crippen LogP contribution in [0, 0.1) is 0 Å². The lowest BCUT2D eigenvalue weighted by atomic mass is 10.3. The molecule has 1 aromatic rings. The average molecular weight is 295 g/mol. The molecule has 0 radical (unpaired) electrons. The first-order valence-electron chi connectivity index (χ1n) is 4.24. The van der Waals surface area contributed by atoms with Crippen LogP contribution < -0.4 is 4.74 Å². The summed E-state index contributed by atoms with van der Waals surface area (Å²) in [5.74, 6) is 0.555. The van der Waals surface area contributed by atoms with Crippen molar-refractivity contribution in [3.8, 4) is 5.75 Å². The van der Waals surface area contributed by atoms with E-state index in [9.17, 15) is 8.42 Å².